The zero-order valence-corrected chi connectivity index (χ0v) is 11.0. The number of aromatic nitrogens is 1. The number of benzene rings is 1. The Morgan fingerprint density at radius 1 is 1.40 bits per heavy atom. The molecule has 0 saturated carbocycles. The van der Waals surface area contributed by atoms with E-state index in [9.17, 15) is 9.18 Å². The minimum absolute atomic E-state index is 0.231. The Bertz CT molecular complexity index is 630. The monoisotopic (exact) mass is 274 g/mol. The maximum Gasteiger partial charge on any atom is 0.255 e. The Hall–Kier alpha value is -2.47. The molecule has 0 spiro atoms. The highest BCUT2D eigenvalue weighted by atomic mass is 19.1. The summed E-state index contributed by atoms with van der Waals surface area (Å²) < 4.78 is 13.0. The average molecular weight is 274 g/mol. The van der Waals surface area contributed by atoms with Crippen LogP contribution in [0.4, 0.5) is 10.1 Å². The van der Waals surface area contributed by atoms with E-state index in [0.717, 1.165) is 5.69 Å². The number of nitrogen functional groups attached to an aromatic ring is 1. The van der Waals surface area contributed by atoms with Crippen LogP contribution in [-0.2, 0) is 6.54 Å². The lowest BCUT2D eigenvalue weighted by Gasteiger charge is -2.10. The fourth-order valence-corrected chi connectivity index (χ4v) is 1.78. The second kappa shape index (κ2) is 6.12. The molecule has 0 aliphatic carbocycles. The van der Waals surface area contributed by atoms with Gasteiger partial charge in [-0.3, -0.25) is 15.6 Å². The standard InChI is InChI=1S/C14H15FN4O/c1-9-5-13(19-16)12(8-17-9)14(20)18-7-10-3-2-4-11(15)6-10/h2-6,8H,7,16H2,1H3,(H,17,19)(H,18,20). The molecule has 0 aliphatic heterocycles. The van der Waals surface area contributed by atoms with Crippen LogP contribution >= 0.6 is 0 Å². The van der Waals surface area contributed by atoms with E-state index in [1.165, 1.54) is 18.3 Å². The summed E-state index contributed by atoms with van der Waals surface area (Å²) in [6, 6.07) is 7.73. The van der Waals surface area contributed by atoms with Crippen molar-refractivity contribution in [1.82, 2.24) is 10.3 Å². The predicted molar refractivity (Wildman–Crippen MR) is 74.4 cm³/mol. The van der Waals surface area contributed by atoms with Crippen molar-refractivity contribution >= 4 is 11.6 Å². The number of hydrazine groups is 1. The highest BCUT2D eigenvalue weighted by molar-refractivity contribution is 5.99. The maximum absolute atomic E-state index is 13.0. The Morgan fingerprint density at radius 2 is 2.20 bits per heavy atom. The second-order valence-electron chi connectivity index (χ2n) is 4.33. The van der Waals surface area contributed by atoms with Gasteiger partial charge in [0.25, 0.3) is 5.91 Å². The van der Waals surface area contributed by atoms with E-state index >= 15 is 0 Å². The molecule has 1 aromatic carbocycles. The molecule has 0 atom stereocenters. The lowest BCUT2D eigenvalue weighted by Crippen LogP contribution is -2.25. The van der Waals surface area contributed by atoms with Gasteiger partial charge in [0.15, 0.2) is 0 Å². The van der Waals surface area contributed by atoms with Gasteiger partial charge in [0.1, 0.15) is 5.82 Å². The molecule has 0 unspecified atom stereocenters. The van der Waals surface area contributed by atoms with Crippen LogP contribution in [0.1, 0.15) is 21.6 Å². The summed E-state index contributed by atoms with van der Waals surface area (Å²) in [5, 5.41) is 2.70. The summed E-state index contributed by atoms with van der Waals surface area (Å²) in [7, 11) is 0. The largest absolute Gasteiger partial charge is 0.348 e. The molecular weight excluding hydrogens is 259 g/mol. The summed E-state index contributed by atoms with van der Waals surface area (Å²) in [5.74, 6) is 4.72. The molecule has 4 N–H and O–H groups in total. The van der Waals surface area contributed by atoms with Crippen LogP contribution in [0.2, 0.25) is 0 Å². The van der Waals surface area contributed by atoms with Crippen LogP contribution < -0.4 is 16.6 Å². The lowest BCUT2D eigenvalue weighted by atomic mass is 10.2. The number of carbonyl (C=O) groups excluding carboxylic acids is 1. The van der Waals surface area contributed by atoms with Crippen molar-refractivity contribution < 1.29 is 9.18 Å². The van der Waals surface area contributed by atoms with E-state index in [4.69, 9.17) is 5.84 Å². The highest BCUT2D eigenvalue weighted by Gasteiger charge is 2.11. The molecule has 5 nitrogen and oxygen atoms in total. The molecule has 0 bridgehead atoms. The summed E-state index contributed by atoms with van der Waals surface area (Å²) in [4.78, 5) is 16.1. The third-order valence-electron chi connectivity index (χ3n) is 2.78. The van der Waals surface area contributed by atoms with Gasteiger partial charge in [-0.15, -0.1) is 0 Å². The first kappa shape index (κ1) is 14.0. The molecule has 1 amide bonds. The number of nitrogens with zero attached hydrogens (tertiary/aromatic N) is 1. The molecule has 104 valence electrons. The Morgan fingerprint density at radius 3 is 2.90 bits per heavy atom. The SMILES string of the molecule is Cc1cc(NN)c(C(=O)NCc2cccc(F)c2)cn1. The average Bonchev–Trinajstić information content (AvgIpc) is 2.44. The van der Waals surface area contributed by atoms with Crippen LogP contribution in [0, 0.1) is 12.7 Å². The van der Waals surface area contributed by atoms with Gasteiger partial charge in [-0.05, 0) is 30.7 Å². The lowest BCUT2D eigenvalue weighted by molar-refractivity contribution is 0.0951. The Labute approximate surface area is 116 Å². The van der Waals surface area contributed by atoms with E-state index in [2.05, 4.69) is 15.7 Å². The molecule has 6 heteroatoms. The van der Waals surface area contributed by atoms with Crippen molar-refractivity contribution in [3.8, 4) is 0 Å². The van der Waals surface area contributed by atoms with Crippen molar-refractivity contribution in [2.45, 2.75) is 13.5 Å². The van der Waals surface area contributed by atoms with E-state index in [1.54, 1.807) is 25.1 Å². The number of hydrogen-bond acceptors (Lipinski definition) is 4. The van der Waals surface area contributed by atoms with Gasteiger partial charge in [0, 0.05) is 18.4 Å². The number of aryl methyl sites for hydroxylation is 1. The first-order chi connectivity index (χ1) is 9.60. The van der Waals surface area contributed by atoms with Gasteiger partial charge >= 0.3 is 0 Å². The number of hydrogen-bond donors (Lipinski definition) is 3. The maximum atomic E-state index is 13.0. The molecule has 0 fully saturated rings. The minimum atomic E-state index is -0.335. The zero-order chi connectivity index (χ0) is 14.5. The van der Waals surface area contributed by atoms with Crippen LogP contribution in [-0.4, -0.2) is 10.9 Å². The number of pyridine rings is 1. The smallest absolute Gasteiger partial charge is 0.255 e. The molecule has 1 aromatic heterocycles. The third kappa shape index (κ3) is 3.30. The summed E-state index contributed by atoms with van der Waals surface area (Å²) in [6.07, 6.45) is 1.45. The number of amides is 1. The third-order valence-corrected chi connectivity index (χ3v) is 2.78. The van der Waals surface area contributed by atoms with Crippen LogP contribution in [0.15, 0.2) is 36.5 Å². The normalized spacial score (nSPS) is 10.2. The van der Waals surface area contributed by atoms with Crippen LogP contribution in [0.25, 0.3) is 0 Å². The van der Waals surface area contributed by atoms with Crippen molar-refractivity contribution in [2.24, 2.45) is 5.84 Å². The summed E-state index contributed by atoms with van der Waals surface area (Å²) in [5.41, 5.74) is 4.73. The predicted octanol–water partition coefficient (Wildman–Crippen LogP) is 1.74. The van der Waals surface area contributed by atoms with Gasteiger partial charge < -0.3 is 10.7 Å². The fourth-order valence-electron chi connectivity index (χ4n) is 1.78. The number of halogens is 1. The highest BCUT2D eigenvalue weighted by Crippen LogP contribution is 2.14. The van der Waals surface area contributed by atoms with E-state index in [1.807, 2.05) is 0 Å². The Kier molecular flexibility index (Phi) is 4.27. The Balaban J connectivity index is 2.09. The molecule has 2 aromatic rings. The number of nitrogens with one attached hydrogen (secondary N) is 2. The minimum Gasteiger partial charge on any atom is -0.348 e. The fraction of sp³-hybridized carbons (Fsp3) is 0.143. The van der Waals surface area contributed by atoms with Crippen LogP contribution in [0.3, 0.4) is 0 Å². The van der Waals surface area contributed by atoms with E-state index in [0.29, 0.717) is 16.8 Å². The van der Waals surface area contributed by atoms with Gasteiger partial charge in [0.2, 0.25) is 0 Å². The summed E-state index contributed by atoms with van der Waals surface area (Å²) in [6.45, 7) is 2.03. The number of carbonyl (C=O) groups is 1. The zero-order valence-electron chi connectivity index (χ0n) is 11.0. The van der Waals surface area contributed by atoms with Crippen molar-refractivity contribution in [2.75, 3.05) is 5.43 Å². The van der Waals surface area contributed by atoms with Crippen LogP contribution in [0.5, 0.6) is 0 Å². The number of nitrogens with two attached hydrogens (primary N) is 1. The molecule has 0 aliphatic rings. The first-order valence-corrected chi connectivity index (χ1v) is 6.06. The van der Waals surface area contributed by atoms with E-state index < -0.39 is 0 Å². The molecule has 0 saturated heterocycles. The molecule has 20 heavy (non-hydrogen) atoms. The van der Waals surface area contributed by atoms with Gasteiger partial charge in [0.05, 0.1) is 11.3 Å². The number of anilines is 1. The second-order valence-corrected chi connectivity index (χ2v) is 4.33. The van der Waals surface area contributed by atoms with Gasteiger partial charge in [-0.25, -0.2) is 4.39 Å². The quantitative estimate of drug-likeness (QED) is 0.586. The van der Waals surface area contributed by atoms with Crippen molar-refractivity contribution in [1.29, 1.82) is 0 Å². The van der Waals surface area contributed by atoms with Gasteiger partial charge in [-0.1, -0.05) is 12.1 Å². The van der Waals surface area contributed by atoms with Crippen molar-refractivity contribution in [3.63, 3.8) is 0 Å². The molecular formula is C14H15FN4O. The topological polar surface area (TPSA) is 80.0 Å². The summed E-state index contributed by atoms with van der Waals surface area (Å²) >= 11 is 0. The van der Waals surface area contributed by atoms with Crippen molar-refractivity contribution in [3.05, 3.63) is 59.2 Å². The molecule has 1 heterocycles. The molecule has 0 radical (unpaired) electrons. The van der Waals surface area contributed by atoms with E-state index in [-0.39, 0.29) is 18.3 Å². The van der Waals surface area contributed by atoms with Gasteiger partial charge in [-0.2, -0.15) is 0 Å². The first-order valence-electron chi connectivity index (χ1n) is 6.06. The molecule has 2 rings (SSSR count). The number of rotatable bonds is 4.